The van der Waals surface area contributed by atoms with Crippen molar-refractivity contribution in [3.63, 3.8) is 0 Å². The van der Waals surface area contributed by atoms with Crippen LogP contribution in [0.3, 0.4) is 0 Å². The molecule has 8 heteroatoms. The fourth-order valence-electron chi connectivity index (χ4n) is 3.10. The minimum atomic E-state index is -3.75. The average molecular weight is 425 g/mol. The molecule has 1 atom stereocenters. The quantitative estimate of drug-likeness (QED) is 0.704. The van der Waals surface area contributed by atoms with Gasteiger partial charge in [-0.3, -0.25) is 4.79 Å². The molecule has 1 fully saturated rings. The maximum absolute atomic E-state index is 13.0. The second kappa shape index (κ2) is 8.65. The number of hydrogen-bond donors (Lipinski definition) is 1. The van der Waals surface area contributed by atoms with E-state index >= 15 is 0 Å². The summed E-state index contributed by atoms with van der Waals surface area (Å²) in [5, 5.41) is 3.38. The van der Waals surface area contributed by atoms with Crippen LogP contribution >= 0.6 is 23.4 Å². The van der Waals surface area contributed by atoms with E-state index < -0.39 is 16.1 Å². The van der Waals surface area contributed by atoms with Gasteiger partial charge in [-0.15, -0.1) is 11.8 Å². The number of anilines is 1. The third-order valence-corrected chi connectivity index (χ3v) is 7.50. The molecule has 2 aromatic rings. The SMILES string of the molecule is CCSc1ccccc1NC(=O)C1CCCN1S(=O)(=O)c1ccc(Cl)cc1. The molecule has 1 aliphatic heterocycles. The molecule has 1 N–H and O–H groups in total. The van der Waals surface area contributed by atoms with Gasteiger partial charge >= 0.3 is 0 Å². The Kier molecular flexibility index (Phi) is 6.47. The summed E-state index contributed by atoms with van der Waals surface area (Å²) >= 11 is 7.49. The van der Waals surface area contributed by atoms with E-state index in [1.165, 1.54) is 28.6 Å². The lowest BCUT2D eigenvalue weighted by Gasteiger charge is -2.24. The highest BCUT2D eigenvalue weighted by molar-refractivity contribution is 7.99. The van der Waals surface area contributed by atoms with Crippen molar-refractivity contribution in [3.05, 3.63) is 53.6 Å². The van der Waals surface area contributed by atoms with Crippen LogP contribution in [0.15, 0.2) is 58.3 Å². The molecule has 1 saturated heterocycles. The molecule has 2 aromatic carbocycles. The van der Waals surface area contributed by atoms with Crippen LogP contribution in [0, 0.1) is 0 Å². The van der Waals surface area contributed by atoms with Crippen LogP contribution < -0.4 is 5.32 Å². The van der Waals surface area contributed by atoms with Crippen LogP contribution in [0.1, 0.15) is 19.8 Å². The first-order valence-electron chi connectivity index (χ1n) is 8.73. The fourth-order valence-corrected chi connectivity index (χ4v) is 5.64. The summed E-state index contributed by atoms with van der Waals surface area (Å²) in [6, 6.07) is 12.9. The number of thioether (sulfide) groups is 1. The van der Waals surface area contributed by atoms with Crippen molar-refractivity contribution in [2.75, 3.05) is 17.6 Å². The van der Waals surface area contributed by atoms with E-state index in [2.05, 4.69) is 5.32 Å². The Morgan fingerprint density at radius 2 is 1.93 bits per heavy atom. The maximum Gasteiger partial charge on any atom is 0.243 e. The Morgan fingerprint density at radius 1 is 1.22 bits per heavy atom. The molecule has 0 aliphatic carbocycles. The van der Waals surface area contributed by atoms with Gasteiger partial charge in [0.1, 0.15) is 6.04 Å². The highest BCUT2D eigenvalue weighted by Crippen LogP contribution is 2.30. The third kappa shape index (κ3) is 4.48. The maximum atomic E-state index is 13.0. The summed E-state index contributed by atoms with van der Waals surface area (Å²) < 4.78 is 27.3. The summed E-state index contributed by atoms with van der Waals surface area (Å²) in [6.45, 7) is 2.37. The van der Waals surface area contributed by atoms with Crippen molar-refractivity contribution in [2.45, 2.75) is 35.6 Å². The molecule has 1 unspecified atom stereocenters. The van der Waals surface area contributed by atoms with E-state index in [4.69, 9.17) is 11.6 Å². The average Bonchev–Trinajstić information content (AvgIpc) is 3.15. The van der Waals surface area contributed by atoms with Crippen LogP contribution in [-0.2, 0) is 14.8 Å². The molecule has 144 valence electrons. The number of sulfonamides is 1. The lowest BCUT2D eigenvalue weighted by Crippen LogP contribution is -2.43. The van der Waals surface area contributed by atoms with E-state index in [0.717, 1.165) is 10.6 Å². The Balaban J connectivity index is 1.82. The van der Waals surface area contributed by atoms with Crippen LogP contribution in [0.2, 0.25) is 5.02 Å². The van der Waals surface area contributed by atoms with Crippen molar-refractivity contribution in [1.29, 1.82) is 0 Å². The number of amides is 1. The summed E-state index contributed by atoms with van der Waals surface area (Å²) in [4.78, 5) is 14.0. The van der Waals surface area contributed by atoms with Crippen molar-refractivity contribution >= 4 is 45.0 Å². The normalized spacial score (nSPS) is 17.8. The number of carbonyl (C=O) groups excluding carboxylic acids is 1. The summed E-state index contributed by atoms with van der Waals surface area (Å²) in [5.41, 5.74) is 0.713. The first kappa shape index (κ1) is 20.2. The van der Waals surface area contributed by atoms with Gasteiger partial charge in [0.05, 0.1) is 10.6 Å². The van der Waals surface area contributed by atoms with Gasteiger partial charge in [0.15, 0.2) is 0 Å². The number of hydrogen-bond acceptors (Lipinski definition) is 4. The highest BCUT2D eigenvalue weighted by atomic mass is 35.5. The van der Waals surface area contributed by atoms with E-state index in [-0.39, 0.29) is 10.8 Å². The molecule has 0 saturated carbocycles. The van der Waals surface area contributed by atoms with E-state index in [9.17, 15) is 13.2 Å². The minimum Gasteiger partial charge on any atom is -0.324 e. The lowest BCUT2D eigenvalue weighted by molar-refractivity contribution is -0.119. The number of carbonyl (C=O) groups is 1. The zero-order valence-corrected chi connectivity index (χ0v) is 17.3. The zero-order chi connectivity index (χ0) is 19.4. The third-order valence-electron chi connectivity index (χ3n) is 4.37. The van der Waals surface area contributed by atoms with Crippen molar-refractivity contribution in [2.24, 2.45) is 0 Å². The predicted molar refractivity (Wildman–Crippen MR) is 110 cm³/mol. The lowest BCUT2D eigenvalue weighted by atomic mass is 10.2. The number of halogens is 1. The molecular weight excluding hydrogens is 404 g/mol. The number of nitrogens with zero attached hydrogens (tertiary/aromatic N) is 1. The summed E-state index contributed by atoms with van der Waals surface area (Å²) in [5.74, 6) is 0.585. The predicted octanol–water partition coefficient (Wildman–Crippen LogP) is 4.24. The van der Waals surface area contributed by atoms with Crippen LogP contribution in [0.5, 0.6) is 0 Å². The van der Waals surface area contributed by atoms with Gasteiger partial charge < -0.3 is 5.32 Å². The molecule has 0 radical (unpaired) electrons. The van der Waals surface area contributed by atoms with Crippen molar-refractivity contribution < 1.29 is 13.2 Å². The second-order valence-electron chi connectivity index (χ2n) is 6.15. The Bertz CT molecular complexity index is 917. The minimum absolute atomic E-state index is 0.147. The van der Waals surface area contributed by atoms with Crippen LogP contribution in [0.25, 0.3) is 0 Å². The standard InChI is InChI=1S/C19H21ClN2O3S2/c1-2-26-18-8-4-3-6-16(18)21-19(23)17-7-5-13-22(17)27(24,25)15-11-9-14(20)10-12-15/h3-4,6,8-12,17H,2,5,7,13H2,1H3,(H,21,23). The molecule has 0 bridgehead atoms. The van der Waals surface area contributed by atoms with Gasteiger partial charge in [-0.05, 0) is 55.0 Å². The first-order chi connectivity index (χ1) is 12.9. The zero-order valence-electron chi connectivity index (χ0n) is 14.9. The number of nitrogens with one attached hydrogen (secondary N) is 1. The van der Waals surface area contributed by atoms with E-state index in [1.807, 2.05) is 31.2 Å². The molecule has 1 aliphatic rings. The van der Waals surface area contributed by atoms with Gasteiger partial charge in [0, 0.05) is 16.5 Å². The van der Waals surface area contributed by atoms with Crippen LogP contribution in [-0.4, -0.2) is 37.0 Å². The molecule has 0 aromatic heterocycles. The van der Waals surface area contributed by atoms with Gasteiger partial charge in [-0.2, -0.15) is 4.31 Å². The fraction of sp³-hybridized carbons (Fsp3) is 0.316. The largest absolute Gasteiger partial charge is 0.324 e. The second-order valence-corrected chi connectivity index (χ2v) is 9.78. The molecule has 5 nitrogen and oxygen atoms in total. The molecule has 1 heterocycles. The van der Waals surface area contributed by atoms with Gasteiger partial charge in [0.25, 0.3) is 0 Å². The molecule has 0 spiro atoms. The molecule has 27 heavy (non-hydrogen) atoms. The molecule has 1 amide bonds. The van der Waals surface area contributed by atoms with E-state index in [0.29, 0.717) is 30.1 Å². The number of benzene rings is 2. The monoisotopic (exact) mass is 424 g/mol. The van der Waals surface area contributed by atoms with E-state index in [1.54, 1.807) is 11.8 Å². The molecular formula is C19H21ClN2O3S2. The highest BCUT2D eigenvalue weighted by Gasteiger charge is 2.39. The summed E-state index contributed by atoms with van der Waals surface area (Å²) in [7, 11) is -3.75. The number of rotatable bonds is 6. The Hall–Kier alpha value is -1.54. The van der Waals surface area contributed by atoms with Gasteiger partial charge in [0.2, 0.25) is 15.9 Å². The van der Waals surface area contributed by atoms with Crippen molar-refractivity contribution in [1.82, 2.24) is 4.31 Å². The smallest absolute Gasteiger partial charge is 0.243 e. The van der Waals surface area contributed by atoms with Gasteiger partial charge in [-0.1, -0.05) is 30.7 Å². The Morgan fingerprint density at radius 3 is 2.63 bits per heavy atom. The molecule has 3 rings (SSSR count). The van der Waals surface area contributed by atoms with Crippen molar-refractivity contribution in [3.8, 4) is 0 Å². The number of para-hydroxylation sites is 1. The topological polar surface area (TPSA) is 66.5 Å². The first-order valence-corrected chi connectivity index (χ1v) is 11.5. The van der Waals surface area contributed by atoms with Gasteiger partial charge in [-0.25, -0.2) is 8.42 Å². The Labute approximate surface area is 169 Å². The summed E-state index contributed by atoms with van der Waals surface area (Å²) in [6.07, 6.45) is 1.15. The van der Waals surface area contributed by atoms with Crippen LogP contribution in [0.4, 0.5) is 5.69 Å².